The Hall–Kier alpha value is -0.667. The molecule has 5 atom stereocenters. The molecule has 32 heavy (non-hydrogen) atoms. The molecule has 0 heterocycles. The topological polar surface area (TPSA) is 75.9 Å². The van der Waals surface area contributed by atoms with Crippen LogP contribution >= 0.6 is 0 Å². The molecule has 4 rings (SSSR count). The maximum atomic E-state index is 11.8. The third kappa shape index (κ3) is 5.04. The molecule has 0 aromatic carbocycles. The number of fused-ring (bicyclic) bond motifs is 2. The van der Waals surface area contributed by atoms with Gasteiger partial charge in [0.05, 0.1) is 8.07 Å². The molecule has 3 fully saturated rings. The Labute approximate surface area is 205 Å². The summed E-state index contributed by atoms with van der Waals surface area (Å²) >= 11 is 0. The van der Waals surface area contributed by atoms with E-state index in [0.717, 1.165) is 25.7 Å². The van der Waals surface area contributed by atoms with Crippen molar-refractivity contribution in [3.05, 3.63) is 53.2 Å². The second kappa shape index (κ2) is 10.7. The van der Waals surface area contributed by atoms with Crippen molar-refractivity contribution >= 4 is 13.9 Å². The SMILES string of the molecule is CC(C)(C)[Si](C)(C)[C]1[CH][CH][CH][CH]1.O=N[C@H]1[C@@H]2C=C[C@@H](C2)[C@]1(N=O)[C@@H]1CCCCC(=O)C1.[Co]. The molecule has 0 saturated heterocycles. The van der Waals surface area contributed by atoms with E-state index in [-0.39, 0.29) is 40.3 Å². The van der Waals surface area contributed by atoms with Gasteiger partial charge in [0.1, 0.15) is 17.4 Å². The maximum Gasteiger partial charge on any atom is 0.138 e. The molecule has 0 unspecified atom stereocenters. The van der Waals surface area contributed by atoms with Crippen LogP contribution in [0.15, 0.2) is 22.5 Å². The summed E-state index contributed by atoms with van der Waals surface area (Å²) in [6, 6.07) is -0.573. The number of hydrogen-bond donors (Lipinski definition) is 0. The number of carbonyl (C=O) groups excluding carboxylic acids is 1. The first-order chi connectivity index (χ1) is 14.6. The van der Waals surface area contributed by atoms with Crippen molar-refractivity contribution < 1.29 is 21.6 Å². The van der Waals surface area contributed by atoms with Gasteiger partial charge in [-0.05, 0) is 61.4 Å². The Morgan fingerprint density at radius 3 is 2.28 bits per heavy atom. The van der Waals surface area contributed by atoms with Crippen molar-refractivity contribution in [1.82, 2.24) is 0 Å². The van der Waals surface area contributed by atoms with E-state index >= 15 is 0 Å². The first kappa shape index (κ1) is 27.6. The molecule has 2 bridgehead atoms. The van der Waals surface area contributed by atoms with Gasteiger partial charge in [0, 0.05) is 41.5 Å². The Kier molecular flexibility index (Phi) is 9.24. The summed E-state index contributed by atoms with van der Waals surface area (Å²) in [6.07, 6.45) is 17.2. The van der Waals surface area contributed by atoms with Crippen LogP contribution in [0.25, 0.3) is 0 Å². The Bertz CT molecular complexity index is 714. The van der Waals surface area contributed by atoms with Crippen LogP contribution in [-0.4, -0.2) is 25.4 Å². The molecule has 0 amide bonds. The number of carbonyl (C=O) groups is 1. The van der Waals surface area contributed by atoms with Crippen molar-refractivity contribution in [3.63, 3.8) is 0 Å². The second-order valence-corrected chi connectivity index (χ2v) is 16.5. The molecule has 5 nitrogen and oxygen atoms in total. The van der Waals surface area contributed by atoms with Gasteiger partial charge in [-0.25, -0.2) is 0 Å². The number of nitroso groups, excluding NO2 is 2. The zero-order valence-corrected chi connectivity index (χ0v) is 22.0. The third-order valence-corrected chi connectivity index (χ3v) is 14.0. The molecule has 0 spiro atoms. The molecule has 0 aromatic heterocycles. The summed E-state index contributed by atoms with van der Waals surface area (Å²) in [5.74, 6) is 0.122. The second-order valence-electron chi connectivity index (χ2n) is 11.2. The van der Waals surface area contributed by atoms with Gasteiger partial charge < -0.3 is 0 Å². The molecule has 7 heteroatoms. The van der Waals surface area contributed by atoms with Crippen LogP contribution in [0.4, 0.5) is 0 Å². The van der Waals surface area contributed by atoms with Crippen molar-refractivity contribution in [3.8, 4) is 0 Å². The van der Waals surface area contributed by atoms with Gasteiger partial charge in [0.2, 0.25) is 0 Å². The average molecular weight is 501 g/mol. The number of nitrogens with zero attached hydrogens (tertiary/aromatic N) is 2. The van der Waals surface area contributed by atoms with E-state index < -0.39 is 19.7 Å². The largest absolute Gasteiger partial charge is 0.300 e. The zero-order valence-electron chi connectivity index (χ0n) is 20.0. The van der Waals surface area contributed by atoms with Gasteiger partial charge in [-0.1, -0.05) is 62.8 Å². The molecule has 6 radical (unpaired) electrons. The number of rotatable bonds is 4. The van der Waals surface area contributed by atoms with Gasteiger partial charge in [0.15, 0.2) is 0 Å². The molecular formula is C25H37CoN2O3Si. The van der Waals surface area contributed by atoms with E-state index in [9.17, 15) is 14.6 Å². The van der Waals surface area contributed by atoms with Crippen molar-refractivity contribution in [2.75, 3.05) is 0 Å². The van der Waals surface area contributed by atoms with Crippen molar-refractivity contribution in [2.24, 2.45) is 28.1 Å². The van der Waals surface area contributed by atoms with E-state index in [0.29, 0.717) is 17.9 Å². The van der Waals surface area contributed by atoms with Crippen LogP contribution in [0.5, 0.6) is 0 Å². The molecule has 4 aliphatic carbocycles. The molecule has 0 aromatic rings. The normalized spacial score (nSPS) is 35.0. The molecule has 178 valence electrons. The van der Waals surface area contributed by atoms with Gasteiger partial charge in [-0.3, -0.25) is 4.79 Å². The predicted octanol–water partition coefficient (Wildman–Crippen LogP) is 6.42. The number of hydrogen-bond acceptors (Lipinski definition) is 5. The number of Topliss-reactive ketones (excluding diaryl/α,β-unsaturated/α-hetero) is 1. The van der Waals surface area contributed by atoms with Crippen LogP contribution in [0, 0.1) is 58.8 Å². The first-order valence-electron chi connectivity index (χ1n) is 11.7. The fourth-order valence-electron chi connectivity index (χ4n) is 5.58. The standard InChI is InChI=1S/C14H18N2O3.C11H19Si.Co/c17-12-4-2-1-3-10(8-12)14(16-19)11-6-5-9(7-11)13(14)15-18;1-11(2,3)12(4,5)10-8-6-7-9-10;/h5-6,9-11,13H,1-4,7-8H2;6-9H,1-5H3;/t9-,10-,11+,13+,14-;;/m1../s1. The summed E-state index contributed by atoms with van der Waals surface area (Å²) in [4.78, 5) is 34.7. The van der Waals surface area contributed by atoms with E-state index in [1.807, 2.05) is 12.2 Å². The van der Waals surface area contributed by atoms with Gasteiger partial charge in [-0.15, -0.1) is 0 Å². The zero-order chi connectivity index (χ0) is 22.9. The molecular weight excluding hydrogens is 463 g/mol. The van der Waals surface area contributed by atoms with Gasteiger partial charge >= 0.3 is 0 Å². The average Bonchev–Trinajstić information content (AvgIpc) is 3.43. The molecule has 0 aliphatic heterocycles. The summed E-state index contributed by atoms with van der Waals surface area (Å²) in [6.45, 7) is 12.0. The van der Waals surface area contributed by atoms with Crippen molar-refractivity contribution in [1.29, 1.82) is 0 Å². The minimum absolute atomic E-state index is 0. The Balaban J connectivity index is 0.000000244. The van der Waals surface area contributed by atoms with E-state index in [2.05, 4.69) is 69.9 Å². The smallest absolute Gasteiger partial charge is 0.138 e. The van der Waals surface area contributed by atoms with Crippen LogP contribution in [-0.2, 0) is 21.6 Å². The van der Waals surface area contributed by atoms with E-state index in [4.69, 9.17) is 0 Å². The summed E-state index contributed by atoms with van der Waals surface area (Å²) in [5, 5.41) is 7.09. The minimum atomic E-state index is -1.23. The molecule has 4 aliphatic rings. The first-order valence-corrected chi connectivity index (χ1v) is 14.7. The Morgan fingerprint density at radius 1 is 1.06 bits per heavy atom. The predicted molar refractivity (Wildman–Crippen MR) is 128 cm³/mol. The van der Waals surface area contributed by atoms with Crippen LogP contribution in [0.2, 0.25) is 18.1 Å². The monoisotopic (exact) mass is 500 g/mol. The van der Waals surface area contributed by atoms with Crippen LogP contribution < -0.4 is 0 Å². The summed E-state index contributed by atoms with van der Waals surface area (Å²) in [5.41, 5.74) is 0.622. The fourth-order valence-corrected chi connectivity index (χ4v) is 7.47. The number of ketones is 1. The van der Waals surface area contributed by atoms with Gasteiger partial charge in [0.25, 0.3) is 0 Å². The van der Waals surface area contributed by atoms with Crippen LogP contribution in [0.3, 0.4) is 0 Å². The molecule has 3 saturated carbocycles. The minimum Gasteiger partial charge on any atom is -0.300 e. The Morgan fingerprint density at radius 2 is 1.72 bits per heavy atom. The van der Waals surface area contributed by atoms with E-state index in [1.165, 1.54) is 0 Å². The van der Waals surface area contributed by atoms with E-state index in [1.54, 1.807) is 5.54 Å². The van der Waals surface area contributed by atoms with Crippen molar-refractivity contribution in [2.45, 2.75) is 89.0 Å². The maximum absolute atomic E-state index is 11.8. The third-order valence-electron chi connectivity index (χ3n) is 8.51. The van der Waals surface area contributed by atoms with Crippen LogP contribution in [0.1, 0.15) is 59.3 Å². The quantitative estimate of drug-likeness (QED) is 0.193. The van der Waals surface area contributed by atoms with Gasteiger partial charge in [-0.2, -0.15) is 9.81 Å². The molecule has 0 N–H and O–H groups in total. The summed E-state index contributed by atoms with van der Waals surface area (Å²) < 4.78 is 0. The fraction of sp³-hybridized carbons (Fsp3) is 0.680. The summed E-state index contributed by atoms with van der Waals surface area (Å²) in [7, 11) is -1.23.